The molecule has 6 nitrogen and oxygen atoms in total. The van der Waals surface area contributed by atoms with E-state index in [1.807, 2.05) is 6.92 Å². The smallest absolute Gasteiger partial charge is 0.356 e. The molecular weight excluding hydrogens is 222 g/mol. The second kappa shape index (κ2) is 4.57. The number of hydrogen-bond acceptors (Lipinski definition) is 3. The first-order chi connectivity index (χ1) is 8.13. The van der Waals surface area contributed by atoms with Gasteiger partial charge in [-0.25, -0.2) is 9.78 Å². The van der Waals surface area contributed by atoms with Crippen molar-refractivity contribution in [1.29, 1.82) is 0 Å². The highest BCUT2D eigenvalue weighted by Crippen LogP contribution is 2.17. The number of aromatic nitrogens is 2. The molecule has 1 amide bonds. The van der Waals surface area contributed by atoms with Gasteiger partial charge < -0.3 is 14.6 Å². The summed E-state index contributed by atoms with van der Waals surface area (Å²) in [5, 5.41) is 8.98. The first-order valence-corrected chi connectivity index (χ1v) is 5.68. The van der Waals surface area contributed by atoms with Crippen molar-refractivity contribution >= 4 is 11.9 Å². The maximum Gasteiger partial charge on any atom is 0.356 e. The molecule has 92 valence electrons. The highest BCUT2D eigenvalue weighted by Gasteiger charge is 2.25. The second-order valence-corrected chi connectivity index (χ2v) is 4.10. The van der Waals surface area contributed by atoms with Crippen LogP contribution in [0.3, 0.4) is 0 Å². The van der Waals surface area contributed by atoms with E-state index >= 15 is 0 Å². The predicted molar refractivity (Wildman–Crippen MR) is 59.5 cm³/mol. The summed E-state index contributed by atoms with van der Waals surface area (Å²) >= 11 is 0. The quantitative estimate of drug-likeness (QED) is 0.840. The van der Waals surface area contributed by atoms with Crippen molar-refractivity contribution in [3.05, 3.63) is 17.7 Å². The molecule has 0 unspecified atom stereocenters. The summed E-state index contributed by atoms with van der Waals surface area (Å²) in [6.45, 7) is 3.54. The Bertz CT molecular complexity index is 453. The highest BCUT2D eigenvalue weighted by molar-refractivity contribution is 5.87. The highest BCUT2D eigenvalue weighted by atomic mass is 16.4. The summed E-state index contributed by atoms with van der Waals surface area (Å²) in [7, 11) is 0. The van der Waals surface area contributed by atoms with E-state index in [9.17, 15) is 9.59 Å². The van der Waals surface area contributed by atoms with Gasteiger partial charge in [0.15, 0.2) is 5.69 Å². The van der Waals surface area contributed by atoms with Crippen LogP contribution in [0.25, 0.3) is 0 Å². The lowest BCUT2D eigenvalue weighted by Crippen LogP contribution is -2.38. The normalized spacial score (nSPS) is 14.5. The van der Waals surface area contributed by atoms with E-state index in [0.717, 1.165) is 6.42 Å². The molecule has 0 bridgehead atoms. The van der Waals surface area contributed by atoms with Gasteiger partial charge in [-0.05, 0) is 6.42 Å². The largest absolute Gasteiger partial charge is 0.476 e. The van der Waals surface area contributed by atoms with Crippen LogP contribution in [-0.2, 0) is 17.9 Å². The van der Waals surface area contributed by atoms with Gasteiger partial charge in [-0.2, -0.15) is 0 Å². The third kappa shape index (κ3) is 2.15. The minimum Gasteiger partial charge on any atom is -0.476 e. The summed E-state index contributed by atoms with van der Waals surface area (Å²) in [5.74, 6) is -0.958. The van der Waals surface area contributed by atoms with E-state index in [4.69, 9.17) is 5.11 Å². The number of carboxylic acid groups (broad SMARTS) is 1. The molecule has 1 aromatic heterocycles. The van der Waals surface area contributed by atoms with Crippen LogP contribution in [0.5, 0.6) is 0 Å². The third-order valence-corrected chi connectivity index (χ3v) is 2.92. The van der Waals surface area contributed by atoms with Crippen molar-refractivity contribution in [1.82, 2.24) is 14.5 Å². The number of carbonyl (C=O) groups is 2. The molecular formula is C11H15N3O3. The maximum atomic E-state index is 11.8. The number of imidazole rings is 1. The van der Waals surface area contributed by atoms with Gasteiger partial charge in [-0.15, -0.1) is 0 Å². The third-order valence-electron chi connectivity index (χ3n) is 2.92. The van der Waals surface area contributed by atoms with E-state index in [0.29, 0.717) is 31.7 Å². The summed E-state index contributed by atoms with van der Waals surface area (Å²) in [6, 6.07) is 0. The standard InChI is InChI=1S/C11H15N3O3/c1-2-3-9(15)13-4-5-14-7-12-10(11(16)17)8(14)6-13/h7H,2-6H2,1H3,(H,16,17). The van der Waals surface area contributed by atoms with Crippen LogP contribution in [0.1, 0.15) is 35.9 Å². The zero-order valence-corrected chi connectivity index (χ0v) is 9.72. The van der Waals surface area contributed by atoms with Gasteiger partial charge in [-0.1, -0.05) is 6.92 Å². The van der Waals surface area contributed by atoms with Crippen LogP contribution < -0.4 is 0 Å². The SMILES string of the molecule is CCCC(=O)N1CCn2cnc(C(=O)O)c2C1. The number of rotatable bonds is 3. The van der Waals surface area contributed by atoms with E-state index in [-0.39, 0.29) is 11.6 Å². The van der Waals surface area contributed by atoms with Crippen LogP contribution in [0.2, 0.25) is 0 Å². The van der Waals surface area contributed by atoms with Gasteiger partial charge >= 0.3 is 5.97 Å². The van der Waals surface area contributed by atoms with Crippen molar-refractivity contribution in [3.63, 3.8) is 0 Å². The van der Waals surface area contributed by atoms with Crippen molar-refractivity contribution < 1.29 is 14.7 Å². The van der Waals surface area contributed by atoms with Gasteiger partial charge in [0.1, 0.15) is 0 Å². The Morgan fingerprint density at radius 1 is 1.47 bits per heavy atom. The Balaban J connectivity index is 2.19. The van der Waals surface area contributed by atoms with Gasteiger partial charge in [0.05, 0.1) is 18.6 Å². The van der Waals surface area contributed by atoms with E-state index in [1.54, 1.807) is 9.47 Å². The lowest BCUT2D eigenvalue weighted by molar-refractivity contribution is -0.132. The monoisotopic (exact) mass is 237 g/mol. The molecule has 0 saturated heterocycles. The van der Waals surface area contributed by atoms with Crippen molar-refractivity contribution in [2.45, 2.75) is 32.9 Å². The van der Waals surface area contributed by atoms with E-state index in [2.05, 4.69) is 4.98 Å². The fourth-order valence-corrected chi connectivity index (χ4v) is 2.02. The van der Waals surface area contributed by atoms with Crippen LogP contribution in [0, 0.1) is 0 Å². The lowest BCUT2D eigenvalue weighted by Gasteiger charge is -2.28. The average Bonchev–Trinajstić information content (AvgIpc) is 2.71. The number of nitrogens with zero attached hydrogens (tertiary/aromatic N) is 3. The number of aromatic carboxylic acids is 1. The molecule has 1 aromatic rings. The minimum absolute atomic E-state index is 0.0546. The van der Waals surface area contributed by atoms with Gasteiger partial charge in [-0.3, -0.25) is 4.79 Å². The van der Waals surface area contributed by atoms with Crippen LogP contribution in [0.15, 0.2) is 6.33 Å². The van der Waals surface area contributed by atoms with E-state index < -0.39 is 5.97 Å². The average molecular weight is 237 g/mol. The summed E-state index contributed by atoms with van der Waals surface area (Å²) in [4.78, 5) is 28.3. The Labute approximate surface area is 98.9 Å². The summed E-state index contributed by atoms with van der Waals surface area (Å²) in [6.07, 6.45) is 2.84. The molecule has 0 fully saturated rings. The van der Waals surface area contributed by atoms with Gasteiger partial charge in [0, 0.05) is 19.5 Å². The molecule has 0 saturated carbocycles. The minimum atomic E-state index is -1.04. The number of carbonyl (C=O) groups excluding carboxylic acids is 1. The Morgan fingerprint density at radius 3 is 2.88 bits per heavy atom. The van der Waals surface area contributed by atoms with E-state index in [1.165, 1.54) is 6.33 Å². The molecule has 0 radical (unpaired) electrons. The molecule has 6 heteroatoms. The molecule has 1 aliphatic rings. The maximum absolute atomic E-state index is 11.8. The van der Waals surface area contributed by atoms with Crippen molar-refractivity contribution in [3.8, 4) is 0 Å². The number of hydrogen-bond donors (Lipinski definition) is 1. The topological polar surface area (TPSA) is 75.4 Å². The van der Waals surface area contributed by atoms with Crippen LogP contribution in [0.4, 0.5) is 0 Å². The number of fused-ring (bicyclic) bond motifs is 1. The van der Waals surface area contributed by atoms with Crippen molar-refractivity contribution in [2.75, 3.05) is 6.54 Å². The molecule has 1 aliphatic heterocycles. The Hall–Kier alpha value is -1.85. The molecule has 1 N–H and O–H groups in total. The summed E-state index contributed by atoms with van der Waals surface area (Å²) in [5.41, 5.74) is 0.673. The fourth-order valence-electron chi connectivity index (χ4n) is 2.02. The molecule has 0 atom stereocenters. The Kier molecular flexibility index (Phi) is 3.12. The summed E-state index contributed by atoms with van der Waals surface area (Å²) < 4.78 is 1.80. The Morgan fingerprint density at radius 2 is 2.24 bits per heavy atom. The first-order valence-electron chi connectivity index (χ1n) is 5.68. The number of amides is 1. The zero-order chi connectivity index (χ0) is 12.4. The second-order valence-electron chi connectivity index (χ2n) is 4.10. The lowest BCUT2D eigenvalue weighted by atomic mass is 10.2. The molecule has 17 heavy (non-hydrogen) atoms. The predicted octanol–water partition coefficient (Wildman–Crippen LogP) is 0.724. The molecule has 2 rings (SSSR count). The molecule has 0 aliphatic carbocycles. The fraction of sp³-hybridized carbons (Fsp3) is 0.545. The zero-order valence-electron chi connectivity index (χ0n) is 9.72. The molecule has 0 aromatic carbocycles. The van der Waals surface area contributed by atoms with Crippen LogP contribution >= 0.6 is 0 Å². The first kappa shape index (κ1) is 11.6. The van der Waals surface area contributed by atoms with Crippen LogP contribution in [-0.4, -0.2) is 38.0 Å². The van der Waals surface area contributed by atoms with Crippen molar-refractivity contribution in [2.24, 2.45) is 0 Å². The molecule has 2 heterocycles. The molecule has 0 spiro atoms. The van der Waals surface area contributed by atoms with Gasteiger partial charge in [0.2, 0.25) is 5.91 Å². The van der Waals surface area contributed by atoms with Gasteiger partial charge in [0.25, 0.3) is 0 Å². The number of carboxylic acids is 1.